The Labute approximate surface area is 94.7 Å². The largest absolute Gasteiger partial charge is 0.362 e. The topological polar surface area (TPSA) is 57.2 Å². The number of halogens is 1. The molecule has 1 amide bonds. The van der Waals surface area contributed by atoms with Gasteiger partial charge in [-0.15, -0.1) is 0 Å². The molecule has 0 atom stereocenters. The van der Waals surface area contributed by atoms with Gasteiger partial charge in [0.15, 0.2) is 5.17 Å². The molecule has 0 aliphatic rings. The number of nitrogens with zero attached hydrogens (tertiary/aromatic N) is 1. The number of H-pyrrole nitrogens is 1. The number of aryl methyl sites for hydroxylation is 2. The van der Waals surface area contributed by atoms with E-state index in [9.17, 15) is 4.79 Å². The van der Waals surface area contributed by atoms with Crippen LogP contribution in [0.2, 0.25) is 0 Å². The van der Waals surface area contributed by atoms with E-state index in [-0.39, 0.29) is 5.17 Å². The van der Waals surface area contributed by atoms with E-state index in [2.05, 4.69) is 15.5 Å². The van der Waals surface area contributed by atoms with E-state index in [4.69, 9.17) is 11.6 Å². The molecule has 0 aromatic carbocycles. The number of hydrogen-bond acceptors (Lipinski definition) is 2. The highest BCUT2D eigenvalue weighted by molar-refractivity contribution is 6.69. The normalized spacial score (nSPS) is 10.3. The van der Waals surface area contributed by atoms with Crippen LogP contribution in [0.3, 0.4) is 0 Å². The maximum absolute atomic E-state index is 9.95. The SMILES string of the molecule is CC.Cc1cc(/C(Cl)=N\NC=O)c(C)[nH]1. The summed E-state index contributed by atoms with van der Waals surface area (Å²) >= 11 is 5.81. The zero-order valence-corrected chi connectivity index (χ0v) is 10.1. The third-order valence-corrected chi connectivity index (χ3v) is 1.88. The Morgan fingerprint density at radius 2 is 2.13 bits per heavy atom. The number of hydrazone groups is 1. The molecule has 0 fully saturated rings. The Bertz CT molecular complexity index is 344. The fourth-order valence-electron chi connectivity index (χ4n) is 1.08. The van der Waals surface area contributed by atoms with E-state index >= 15 is 0 Å². The van der Waals surface area contributed by atoms with E-state index in [1.807, 2.05) is 33.8 Å². The first kappa shape index (κ1) is 13.7. The highest BCUT2D eigenvalue weighted by Gasteiger charge is 2.06. The first-order valence-corrected chi connectivity index (χ1v) is 5.12. The maximum Gasteiger partial charge on any atom is 0.227 e. The van der Waals surface area contributed by atoms with Gasteiger partial charge in [-0.1, -0.05) is 25.4 Å². The molecule has 1 rings (SSSR count). The summed E-state index contributed by atoms with van der Waals surface area (Å²) in [4.78, 5) is 13.0. The summed E-state index contributed by atoms with van der Waals surface area (Å²) in [6.45, 7) is 7.81. The van der Waals surface area contributed by atoms with Crippen molar-refractivity contribution in [2.45, 2.75) is 27.7 Å². The van der Waals surface area contributed by atoms with Gasteiger partial charge in [-0.25, -0.2) is 5.43 Å². The maximum atomic E-state index is 9.95. The number of nitrogens with one attached hydrogen (secondary N) is 2. The lowest BCUT2D eigenvalue weighted by molar-refractivity contribution is -0.109. The summed E-state index contributed by atoms with van der Waals surface area (Å²) in [5, 5.41) is 3.90. The van der Waals surface area contributed by atoms with Gasteiger partial charge in [-0.05, 0) is 19.9 Å². The van der Waals surface area contributed by atoms with Crippen molar-refractivity contribution < 1.29 is 4.79 Å². The van der Waals surface area contributed by atoms with Crippen LogP contribution in [0.1, 0.15) is 30.8 Å². The number of aromatic nitrogens is 1. The quantitative estimate of drug-likeness (QED) is 0.467. The van der Waals surface area contributed by atoms with Crippen molar-refractivity contribution in [2.24, 2.45) is 5.10 Å². The van der Waals surface area contributed by atoms with Crippen LogP contribution >= 0.6 is 11.6 Å². The second-order valence-electron chi connectivity index (χ2n) is 2.64. The molecule has 5 heteroatoms. The zero-order valence-electron chi connectivity index (χ0n) is 9.39. The predicted molar refractivity (Wildman–Crippen MR) is 63.2 cm³/mol. The highest BCUT2D eigenvalue weighted by Crippen LogP contribution is 2.12. The molecular formula is C10H16ClN3O. The third-order valence-electron chi connectivity index (χ3n) is 1.59. The second kappa shape index (κ2) is 7.06. The molecule has 1 aromatic rings. The van der Waals surface area contributed by atoms with Gasteiger partial charge < -0.3 is 4.98 Å². The monoisotopic (exact) mass is 229 g/mol. The molecule has 0 radical (unpaired) electrons. The molecule has 0 saturated heterocycles. The first-order valence-electron chi connectivity index (χ1n) is 4.74. The average Bonchev–Trinajstić information content (AvgIpc) is 2.57. The Kier molecular flexibility index (Phi) is 6.45. The lowest BCUT2D eigenvalue weighted by Crippen LogP contribution is -2.05. The second-order valence-corrected chi connectivity index (χ2v) is 3.00. The van der Waals surface area contributed by atoms with Crippen LogP contribution in [0.25, 0.3) is 0 Å². The smallest absolute Gasteiger partial charge is 0.227 e. The minimum atomic E-state index is 0.272. The standard InChI is InChI=1S/C8H10ClN3O.C2H6/c1-5-3-7(6(2)11-5)8(9)12-10-4-13;1-2/h3-4,11H,1-2H3,(H,10,13);1-2H3/b12-8+;. The Morgan fingerprint density at radius 1 is 1.53 bits per heavy atom. The first-order chi connectivity index (χ1) is 7.15. The Hall–Kier alpha value is -1.29. The number of hydrogen-bond donors (Lipinski definition) is 2. The van der Waals surface area contributed by atoms with Crippen molar-refractivity contribution in [3.63, 3.8) is 0 Å². The highest BCUT2D eigenvalue weighted by atomic mass is 35.5. The average molecular weight is 230 g/mol. The van der Waals surface area contributed by atoms with Gasteiger partial charge in [0.1, 0.15) is 0 Å². The van der Waals surface area contributed by atoms with E-state index < -0.39 is 0 Å². The van der Waals surface area contributed by atoms with Gasteiger partial charge in [0.25, 0.3) is 0 Å². The summed E-state index contributed by atoms with van der Waals surface area (Å²) in [5.41, 5.74) is 4.88. The van der Waals surface area contributed by atoms with Gasteiger partial charge >= 0.3 is 0 Å². The molecule has 0 unspecified atom stereocenters. The van der Waals surface area contributed by atoms with Crippen molar-refractivity contribution in [3.8, 4) is 0 Å². The van der Waals surface area contributed by atoms with E-state index in [0.717, 1.165) is 17.0 Å². The summed E-state index contributed by atoms with van der Waals surface area (Å²) in [6.07, 6.45) is 0.469. The van der Waals surface area contributed by atoms with Crippen LogP contribution in [0, 0.1) is 13.8 Å². The molecule has 0 aliphatic heterocycles. The van der Waals surface area contributed by atoms with Crippen molar-refractivity contribution in [1.29, 1.82) is 0 Å². The van der Waals surface area contributed by atoms with Gasteiger partial charge in [0.2, 0.25) is 6.41 Å². The number of carbonyl (C=O) groups excluding carboxylic acids is 1. The van der Waals surface area contributed by atoms with Gasteiger partial charge in [-0.3, -0.25) is 4.79 Å². The summed E-state index contributed by atoms with van der Waals surface area (Å²) < 4.78 is 0. The molecule has 2 N–H and O–H groups in total. The number of rotatable bonds is 3. The van der Waals surface area contributed by atoms with E-state index in [0.29, 0.717) is 6.41 Å². The van der Waals surface area contributed by atoms with Crippen LogP contribution in [0.4, 0.5) is 0 Å². The van der Waals surface area contributed by atoms with Crippen molar-refractivity contribution in [1.82, 2.24) is 10.4 Å². The molecule has 1 heterocycles. The molecule has 15 heavy (non-hydrogen) atoms. The van der Waals surface area contributed by atoms with Crippen molar-refractivity contribution in [3.05, 3.63) is 23.0 Å². The molecule has 0 aliphatic carbocycles. The third kappa shape index (κ3) is 4.16. The summed E-state index contributed by atoms with van der Waals surface area (Å²) in [6, 6.07) is 1.87. The minimum Gasteiger partial charge on any atom is -0.362 e. The molecular weight excluding hydrogens is 214 g/mol. The van der Waals surface area contributed by atoms with E-state index in [1.165, 1.54) is 0 Å². The zero-order chi connectivity index (χ0) is 11.8. The number of carbonyl (C=O) groups is 1. The fourth-order valence-corrected chi connectivity index (χ4v) is 1.33. The fraction of sp³-hybridized carbons (Fsp3) is 0.400. The number of aromatic amines is 1. The van der Waals surface area contributed by atoms with Crippen LogP contribution in [0.5, 0.6) is 0 Å². The molecule has 1 aromatic heterocycles. The van der Waals surface area contributed by atoms with Crippen LogP contribution < -0.4 is 5.43 Å². The lowest BCUT2D eigenvalue weighted by Gasteiger charge is -1.94. The van der Waals surface area contributed by atoms with Crippen LogP contribution in [-0.4, -0.2) is 16.6 Å². The molecule has 84 valence electrons. The van der Waals surface area contributed by atoms with Crippen molar-refractivity contribution in [2.75, 3.05) is 0 Å². The number of amides is 1. The van der Waals surface area contributed by atoms with E-state index in [1.54, 1.807) is 0 Å². The van der Waals surface area contributed by atoms with Crippen molar-refractivity contribution >= 4 is 23.2 Å². The Balaban J connectivity index is 0.000000921. The molecule has 0 spiro atoms. The lowest BCUT2D eigenvalue weighted by atomic mass is 10.3. The summed E-state index contributed by atoms with van der Waals surface area (Å²) in [5.74, 6) is 0. The van der Waals surface area contributed by atoms with Gasteiger partial charge in [0.05, 0.1) is 0 Å². The van der Waals surface area contributed by atoms with Crippen LogP contribution in [-0.2, 0) is 4.79 Å². The van der Waals surface area contributed by atoms with Gasteiger partial charge in [0, 0.05) is 17.0 Å². The predicted octanol–water partition coefficient (Wildman–Crippen LogP) is 2.30. The minimum absolute atomic E-state index is 0.272. The molecule has 4 nitrogen and oxygen atoms in total. The molecule has 0 bridgehead atoms. The molecule has 0 saturated carbocycles. The summed E-state index contributed by atoms with van der Waals surface area (Å²) in [7, 11) is 0. The van der Waals surface area contributed by atoms with Crippen LogP contribution in [0.15, 0.2) is 11.2 Å². The van der Waals surface area contributed by atoms with Gasteiger partial charge in [-0.2, -0.15) is 5.10 Å². The Morgan fingerprint density at radius 3 is 2.53 bits per heavy atom.